The van der Waals surface area contributed by atoms with Crippen molar-refractivity contribution in [2.45, 2.75) is 31.6 Å². The molecule has 2 aromatic rings. The molecule has 1 heterocycles. The largest absolute Gasteiger partial charge is 0.317 e. The molecule has 0 aromatic heterocycles. The molecule has 0 bridgehead atoms. The normalized spacial score (nSPS) is 19.2. The lowest BCUT2D eigenvalue weighted by Gasteiger charge is -2.31. The van der Waals surface area contributed by atoms with Gasteiger partial charge in [0, 0.05) is 14.1 Å². The van der Waals surface area contributed by atoms with E-state index >= 15 is 0 Å². The molecule has 138 valence electrons. The number of fused-ring (bicyclic) bond motifs is 1. The number of para-hydroxylation sites is 1. The van der Waals surface area contributed by atoms with Crippen LogP contribution in [0.4, 0.5) is 5.69 Å². The summed E-state index contributed by atoms with van der Waals surface area (Å²) >= 11 is 0. The summed E-state index contributed by atoms with van der Waals surface area (Å²) < 4.78 is 0. The number of carbonyl (C=O) groups excluding carboxylic acids is 1. The molecular weight excluding hydrogens is 322 g/mol. The number of unbranched alkanes of at least 4 members (excludes halogenated alkanes) is 1. The Kier molecular flexibility index (Phi) is 5.74. The number of benzene rings is 2. The van der Waals surface area contributed by atoms with Gasteiger partial charge in [0.15, 0.2) is 0 Å². The van der Waals surface area contributed by atoms with Crippen LogP contribution in [0.25, 0.3) is 0 Å². The molecule has 1 amide bonds. The van der Waals surface area contributed by atoms with Crippen molar-refractivity contribution in [3.05, 3.63) is 65.7 Å². The minimum Gasteiger partial charge on any atom is -0.317 e. The Morgan fingerprint density at radius 1 is 1.00 bits per heavy atom. The lowest BCUT2D eigenvalue weighted by Crippen LogP contribution is -2.47. The molecule has 1 atom stereocenters. The van der Waals surface area contributed by atoms with Crippen molar-refractivity contribution in [3.63, 3.8) is 0 Å². The quantitative estimate of drug-likeness (QED) is 0.739. The zero-order chi connectivity index (χ0) is 18.6. The van der Waals surface area contributed by atoms with Crippen molar-refractivity contribution in [1.82, 2.24) is 10.3 Å². The molecule has 0 saturated carbocycles. The van der Waals surface area contributed by atoms with E-state index in [2.05, 4.69) is 36.5 Å². The van der Waals surface area contributed by atoms with Crippen molar-refractivity contribution in [1.29, 1.82) is 0 Å². The fraction of sp³-hybridized carbons (Fsp3) is 0.409. The van der Waals surface area contributed by atoms with Crippen LogP contribution < -0.4 is 10.3 Å². The lowest BCUT2D eigenvalue weighted by molar-refractivity contribution is -0.124. The van der Waals surface area contributed by atoms with Gasteiger partial charge in [-0.15, -0.1) is 0 Å². The number of hydrogen-bond acceptors (Lipinski definition) is 3. The molecule has 4 heteroatoms. The smallest absolute Gasteiger partial charge is 0.256 e. The molecule has 2 aromatic carbocycles. The van der Waals surface area contributed by atoms with Crippen molar-refractivity contribution in [3.8, 4) is 0 Å². The van der Waals surface area contributed by atoms with Crippen LogP contribution in [0.3, 0.4) is 0 Å². The first-order valence-corrected chi connectivity index (χ1v) is 9.50. The highest BCUT2D eigenvalue weighted by Gasteiger charge is 2.52. The van der Waals surface area contributed by atoms with Crippen LogP contribution in [0.15, 0.2) is 54.6 Å². The van der Waals surface area contributed by atoms with E-state index in [9.17, 15) is 4.79 Å². The Bertz CT molecular complexity index is 744. The number of nitrogens with one attached hydrogen (secondary N) is 1. The molecule has 1 aliphatic rings. The number of nitrogens with zero attached hydrogens (tertiary/aromatic N) is 2. The zero-order valence-electron chi connectivity index (χ0n) is 16.0. The summed E-state index contributed by atoms with van der Waals surface area (Å²) in [7, 11) is 3.86. The first kappa shape index (κ1) is 18.6. The third-order valence-corrected chi connectivity index (χ3v) is 5.22. The Morgan fingerprint density at radius 2 is 1.69 bits per heavy atom. The Hall–Kier alpha value is -2.17. The van der Waals surface area contributed by atoms with E-state index in [0.717, 1.165) is 49.2 Å². The summed E-state index contributed by atoms with van der Waals surface area (Å²) in [6.07, 6.45) is 2.89. The predicted octanol–water partition coefficient (Wildman–Crippen LogP) is 3.58. The van der Waals surface area contributed by atoms with E-state index in [1.807, 2.05) is 54.4 Å². The fourth-order valence-corrected chi connectivity index (χ4v) is 4.03. The molecular formula is C22H29N3O. The maximum Gasteiger partial charge on any atom is 0.256 e. The molecule has 3 rings (SSSR count). The van der Waals surface area contributed by atoms with Crippen LogP contribution in [0.1, 0.15) is 37.3 Å². The van der Waals surface area contributed by atoms with E-state index in [-0.39, 0.29) is 5.91 Å². The van der Waals surface area contributed by atoms with Gasteiger partial charge in [-0.25, -0.2) is 10.0 Å². The molecule has 0 aliphatic carbocycles. The van der Waals surface area contributed by atoms with E-state index < -0.39 is 5.41 Å². The van der Waals surface area contributed by atoms with E-state index in [1.165, 1.54) is 0 Å². The SMILES string of the molecule is CCNCCCCC1(c2ccccc2)C(=O)N(N(C)C)c2ccccc21. The van der Waals surface area contributed by atoms with Gasteiger partial charge >= 0.3 is 0 Å². The summed E-state index contributed by atoms with van der Waals surface area (Å²) in [6, 6.07) is 18.5. The van der Waals surface area contributed by atoms with Gasteiger partial charge in [0.25, 0.3) is 5.91 Å². The minimum atomic E-state index is -0.603. The predicted molar refractivity (Wildman–Crippen MR) is 107 cm³/mol. The molecule has 0 radical (unpaired) electrons. The van der Waals surface area contributed by atoms with Crippen molar-refractivity contribution in [2.75, 3.05) is 32.2 Å². The maximum atomic E-state index is 13.7. The Balaban J connectivity index is 2.04. The number of hydrogen-bond donors (Lipinski definition) is 1. The molecule has 1 unspecified atom stereocenters. The Morgan fingerprint density at radius 3 is 2.38 bits per heavy atom. The highest BCUT2D eigenvalue weighted by atomic mass is 16.2. The van der Waals surface area contributed by atoms with Crippen molar-refractivity contribution >= 4 is 11.6 Å². The average Bonchev–Trinajstić information content (AvgIpc) is 2.91. The van der Waals surface area contributed by atoms with Crippen LogP contribution >= 0.6 is 0 Å². The summed E-state index contributed by atoms with van der Waals surface area (Å²) in [5.74, 6) is 0.151. The average molecular weight is 351 g/mol. The third kappa shape index (κ3) is 3.15. The Labute approximate surface area is 156 Å². The van der Waals surface area contributed by atoms with Crippen LogP contribution in [0, 0.1) is 0 Å². The van der Waals surface area contributed by atoms with Gasteiger partial charge in [-0.3, -0.25) is 4.79 Å². The second-order valence-electron chi connectivity index (χ2n) is 7.06. The van der Waals surface area contributed by atoms with Crippen LogP contribution in [0.5, 0.6) is 0 Å². The van der Waals surface area contributed by atoms with E-state index in [0.29, 0.717) is 0 Å². The highest BCUT2D eigenvalue weighted by molar-refractivity contribution is 6.09. The highest BCUT2D eigenvalue weighted by Crippen LogP contribution is 2.49. The first-order chi connectivity index (χ1) is 12.6. The zero-order valence-corrected chi connectivity index (χ0v) is 16.0. The minimum absolute atomic E-state index is 0.151. The van der Waals surface area contributed by atoms with Crippen LogP contribution in [0.2, 0.25) is 0 Å². The van der Waals surface area contributed by atoms with Gasteiger partial charge in [-0.05, 0) is 43.1 Å². The molecule has 4 nitrogen and oxygen atoms in total. The van der Waals surface area contributed by atoms with Gasteiger partial charge in [-0.2, -0.15) is 0 Å². The van der Waals surface area contributed by atoms with Gasteiger partial charge in [0.05, 0.1) is 5.69 Å². The van der Waals surface area contributed by atoms with Gasteiger partial charge < -0.3 is 5.32 Å². The summed E-state index contributed by atoms with van der Waals surface area (Å²) in [5.41, 5.74) is 2.60. The van der Waals surface area contributed by atoms with Crippen molar-refractivity contribution in [2.24, 2.45) is 0 Å². The summed E-state index contributed by atoms with van der Waals surface area (Å²) in [6.45, 7) is 4.10. The second-order valence-corrected chi connectivity index (χ2v) is 7.06. The van der Waals surface area contributed by atoms with Gasteiger partial charge in [0.1, 0.15) is 5.41 Å². The van der Waals surface area contributed by atoms with Crippen LogP contribution in [-0.4, -0.2) is 38.1 Å². The number of rotatable bonds is 8. The molecule has 0 fully saturated rings. The fourth-order valence-electron chi connectivity index (χ4n) is 4.03. The van der Waals surface area contributed by atoms with Crippen molar-refractivity contribution < 1.29 is 4.79 Å². The van der Waals surface area contributed by atoms with E-state index in [4.69, 9.17) is 0 Å². The summed E-state index contributed by atoms with van der Waals surface area (Å²) in [5, 5.41) is 7.10. The van der Waals surface area contributed by atoms with E-state index in [1.54, 1.807) is 0 Å². The van der Waals surface area contributed by atoms with Gasteiger partial charge in [0.2, 0.25) is 0 Å². The number of anilines is 1. The number of carbonyl (C=O) groups is 1. The monoisotopic (exact) mass is 351 g/mol. The maximum absolute atomic E-state index is 13.7. The topological polar surface area (TPSA) is 35.6 Å². The molecule has 0 saturated heterocycles. The van der Waals surface area contributed by atoms with Gasteiger partial charge in [-0.1, -0.05) is 61.9 Å². The third-order valence-electron chi connectivity index (χ3n) is 5.22. The molecule has 1 aliphatic heterocycles. The summed E-state index contributed by atoms with van der Waals surface area (Å²) in [4.78, 5) is 13.7. The van der Waals surface area contributed by atoms with Crippen LogP contribution in [-0.2, 0) is 10.2 Å². The first-order valence-electron chi connectivity index (χ1n) is 9.50. The second kappa shape index (κ2) is 8.02. The molecule has 26 heavy (non-hydrogen) atoms. The number of amides is 1. The number of hydrazine groups is 1. The molecule has 1 N–H and O–H groups in total. The standard InChI is InChI=1S/C22H29N3O/c1-4-23-17-11-10-16-22(18-12-6-5-7-13-18)19-14-8-9-15-20(19)25(21(22)26)24(2)3/h5-9,12-15,23H,4,10-11,16-17H2,1-3H3. The molecule has 0 spiro atoms. The lowest BCUT2D eigenvalue weighted by atomic mass is 9.72.